The Hall–Kier alpha value is -1.84. The first-order valence-electron chi connectivity index (χ1n) is 11.4. The molecule has 3 nitrogen and oxygen atoms in total. The van der Waals surface area contributed by atoms with Crippen molar-refractivity contribution in [2.24, 2.45) is 17.8 Å². The summed E-state index contributed by atoms with van der Waals surface area (Å²) in [5.41, 5.74) is 0. The van der Waals surface area contributed by atoms with Crippen LogP contribution in [-0.2, 0) is 0 Å². The van der Waals surface area contributed by atoms with Crippen LogP contribution in [0.15, 0.2) is 36.4 Å². The van der Waals surface area contributed by atoms with Gasteiger partial charge in [-0.3, -0.25) is 0 Å². The maximum atomic E-state index is 12.2. The zero-order valence-corrected chi connectivity index (χ0v) is 17.8. The monoisotopic (exact) mass is 404 g/mol. The Morgan fingerprint density at radius 1 is 1.03 bits per heavy atom. The molecule has 0 atom stereocenters. The number of unbranched alkanes of at least 4 members (excludes halogenated alkanes) is 1. The Morgan fingerprint density at radius 2 is 1.66 bits per heavy atom. The Balaban J connectivity index is 0.000000234. The first kappa shape index (κ1) is 23.4. The normalized spacial score (nSPS) is 22.7. The van der Waals surface area contributed by atoms with Gasteiger partial charge in [0, 0.05) is 0 Å². The van der Waals surface area contributed by atoms with Crippen LogP contribution in [0.1, 0.15) is 84.0 Å². The molecule has 0 aromatic heterocycles. The molecule has 0 heterocycles. The van der Waals surface area contributed by atoms with Gasteiger partial charge in [0.1, 0.15) is 11.6 Å². The molecule has 29 heavy (non-hydrogen) atoms. The first-order chi connectivity index (χ1) is 14.1. The number of benzene rings is 1. The molecule has 3 rings (SSSR count). The van der Waals surface area contributed by atoms with Crippen LogP contribution in [-0.4, -0.2) is 11.3 Å². The molecule has 1 aromatic carbocycles. The second-order valence-corrected chi connectivity index (χ2v) is 8.50. The molecule has 2 fully saturated rings. The predicted molar refractivity (Wildman–Crippen MR) is 116 cm³/mol. The molecule has 0 unspecified atom stereocenters. The fourth-order valence-corrected chi connectivity index (χ4v) is 4.85. The van der Waals surface area contributed by atoms with Crippen LogP contribution in [0.25, 0.3) is 0 Å². The second kappa shape index (κ2) is 13.4. The maximum Gasteiger partial charge on any atom is 0.511 e. The maximum absolute atomic E-state index is 12.2. The second-order valence-electron chi connectivity index (χ2n) is 8.50. The summed E-state index contributed by atoms with van der Waals surface area (Å²) in [5, 5.41) is 8.12. The SMILES string of the molecule is C/C=C\CCCC1CCC(C2CCCCC2)CC1.O=C(O)Oc1ccc(F)cc1. The lowest BCUT2D eigenvalue weighted by atomic mass is 9.70. The molecule has 0 spiro atoms. The highest BCUT2D eigenvalue weighted by Crippen LogP contribution is 2.40. The third kappa shape index (κ3) is 9.47. The summed E-state index contributed by atoms with van der Waals surface area (Å²) in [6, 6.07) is 4.73. The Morgan fingerprint density at radius 3 is 2.24 bits per heavy atom. The first-order valence-corrected chi connectivity index (χ1v) is 11.4. The quantitative estimate of drug-likeness (QED) is 0.226. The van der Waals surface area contributed by atoms with Crippen molar-refractivity contribution in [1.82, 2.24) is 0 Å². The van der Waals surface area contributed by atoms with Crippen molar-refractivity contribution in [2.75, 3.05) is 0 Å². The van der Waals surface area contributed by atoms with E-state index in [1.54, 1.807) is 25.7 Å². The average molecular weight is 405 g/mol. The third-order valence-electron chi connectivity index (χ3n) is 6.45. The molecule has 0 radical (unpaired) electrons. The smallest absolute Gasteiger partial charge is 0.449 e. The molecule has 0 bridgehead atoms. The topological polar surface area (TPSA) is 46.5 Å². The van der Waals surface area contributed by atoms with Crippen LogP contribution in [0, 0.1) is 23.6 Å². The summed E-state index contributed by atoms with van der Waals surface area (Å²) in [6.45, 7) is 2.13. The lowest BCUT2D eigenvalue weighted by molar-refractivity contribution is 0.144. The summed E-state index contributed by atoms with van der Waals surface area (Å²) in [5.74, 6) is 2.97. The summed E-state index contributed by atoms with van der Waals surface area (Å²) in [7, 11) is 0. The number of hydrogen-bond donors (Lipinski definition) is 1. The van der Waals surface area contributed by atoms with Gasteiger partial charge in [-0.25, -0.2) is 9.18 Å². The van der Waals surface area contributed by atoms with E-state index in [4.69, 9.17) is 5.11 Å². The van der Waals surface area contributed by atoms with Gasteiger partial charge in [-0.2, -0.15) is 0 Å². The lowest BCUT2D eigenvalue weighted by Gasteiger charge is -2.36. The Bertz CT molecular complexity index is 597. The highest BCUT2D eigenvalue weighted by Gasteiger charge is 2.28. The number of halogens is 1. The summed E-state index contributed by atoms with van der Waals surface area (Å²) < 4.78 is 16.4. The molecule has 0 saturated heterocycles. The molecule has 2 saturated carbocycles. The molecule has 1 aromatic rings. The average Bonchev–Trinajstić information content (AvgIpc) is 2.74. The number of carbonyl (C=O) groups is 1. The molecule has 2 aliphatic rings. The van der Waals surface area contributed by atoms with Gasteiger partial charge in [0.2, 0.25) is 0 Å². The van der Waals surface area contributed by atoms with Crippen molar-refractivity contribution in [3.05, 3.63) is 42.2 Å². The summed E-state index contributed by atoms with van der Waals surface area (Å²) in [6.07, 6.45) is 21.2. The van der Waals surface area contributed by atoms with Crippen molar-refractivity contribution in [2.45, 2.75) is 84.0 Å². The van der Waals surface area contributed by atoms with Crippen molar-refractivity contribution in [3.63, 3.8) is 0 Å². The third-order valence-corrected chi connectivity index (χ3v) is 6.45. The minimum Gasteiger partial charge on any atom is -0.449 e. The number of hydrogen-bond acceptors (Lipinski definition) is 2. The fraction of sp³-hybridized carbons (Fsp3) is 0.640. The number of carboxylic acid groups (broad SMARTS) is 1. The van der Waals surface area contributed by atoms with E-state index < -0.39 is 12.0 Å². The van der Waals surface area contributed by atoms with Gasteiger partial charge in [-0.05, 0) is 74.6 Å². The molecule has 4 heteroatoms. The molecule has 162 valence electrons. The van der Waals surface area contributed by atoms with Gasteiger partial charge in [0.05, 0.1) is 0 Å². The van der Waals surface area contributed by atoms with Gasteiger partial charge in [0.25, 0.3) is 0 Å². The Labute approximate surface area is 175 Å². The van der Waals surface area contributed by atoms with Crippen LogP contribution < -0.4 is 4.74 Å². The van der Waals surface area contributed by atoms with E-state index in [0.717, 1.165) is 29.9 Å². The number of ether oxygens (including phenoxy) is 1. The minimum absolute atomic E-state index is 0.110. The van der Waals surface area contributed by atoms with Gasteiger partial charge in [0.15, 0.2) is 0 Å². The van der Waals surface area contributed by atoms with E-state index in [-0.39, 0.29) is 5.75 Å². The van der Waals surface area contributed by atoms with E-state index in [1.807, 2.05) is 0 Å². The molecule has 2 aliphatic carbocycles. The van der Waals surface area contributed by atoms with Crippen molar-refractivity contribution in [3.8, 4) is 5.75 Å². The van der Waals surface area contributed by atoms with E-state index in [2.05, 4.69) is 23.8 Å². The standard InChI is InChI=1S/C18H32.C7H5FO3/c1-2-3-4-6-9-16-12-14-18(15-13-16)17-10-7-5-8-11-17;8-5-1-3-6(4-2-5)11-7(9)10/h2-3,16-18H,4-15H2,1H3;1-4H,(H,9,10)/b3-2-;. The van der Waals surface area contributed by atoms with Gasteiger partial charge < -0.3 is 9.84 Å². The van der Waals surface area contributed by atoms with Gasteiger partial charge in [-0.15, -0.1) is 0 Å². The van der Waals surface area contributed by atoms with Gasteiger partial charge >= 0.3 is 6.16 Å². The number of rotatable bonds is 6. The van der Waals surface area contributed by atoms with Crippen LogP contribution in [0.5, 0.6) is 5.75 Å². The van der Waals surface area contributed by atoms with Crippen LogP contribution in [0.2, 0.25) is 0 Å². The van der Waals surface area contributed by atoms with Crippen molar-refractivity contribution in [1.29, 1.82) is 0 Å². The van der Waals surface area contributed by atoms with Gasteiger partial charge in [-0.1, -0.05) is 63.5 Å². The number of allylic oxidation sites excluding steroid dienone is 2. The van der Waals surface area contributed by atoms with Crippen molar-refractivity contribution < 1.29 is 19.0 Å². The van der Waals surface area contributed by atoms with E-state index >= 15 is 0 Å². The molecule has 0 amide bonds. The molecular weight excluding hydrogens is 367 g/mol. The molecule has 1 N–H and O–H groups in total. The van der Waals surface area contributed by atoms with E-state index in [1.165, 1.54) is 63.5 Å². The Kier molecular flexibility index (Phi) is 10.8. The minimum atomic E-state index is -1.41. The van der Waals surface area contributed by atoms with Crippen molar-refractivity contribution >= 4 is 6.16 Å². The van der Waals surface area contributed by atoms with E-state index in [9.17, 15) is 9.18 Å². The van der Waals surface area contributed by atoms with Crippen LogP contribution in [0.3, 0.4) is 0 Å². The molecular formula is C25H37FO3. The summed E-state index contributed by atoms with van der Waals surface area (Å²) in [4.78, 5) is 9.94. The summed E-state index contributed by atoms with van der Waals surface area (Å²) >= 11 is 0. The lowest BCUT2D eigenvalue weighted by Crippen LogP contribution is -2.23. The van der Waals surface area contributed by atoms with Crippen LogP contribution >= 0.6 is 0 Å². The van der Waals surface area contributed by atoms with Crippen LogP contribution in [0.4, 0.5) is 9.18 Å². The van der Waals surface area contributed by atoms with E-state index in [0.29, 0.717) is 0 Å². The predicted octanol–water partition coefficient (Wildman–Crippen LogP) is 8.00. The highest BCUT2D eigenvalue weighted by molar-refractivity contribution is 5.60. The zero-order chi connectivity index (χ0) is 20.9. The highest BCUT2D eigenvalue weighted by atomic mass is 19.1. The fourth-order valence-electron chi connectivity index (χ4n) is 4.85. The largest absolute Gasteiger partial charge is 0.511 e. The molecule has 0 aliphatic heterocycles. The zero-order valence-electron chi connectivity index (χ0n) is 17.8.